The van der Waals surface area contributed by atoms with Crippen LogP contribution in [0.1, 0.15) is 5.56 Å². The molecule has 1 amide bonds. The van der Waals surface area contributed by atoms with Gasteiger partial charge in [-0.15, -0.1) is 0 Å². The van der Waals surface area contributed by atoms with Gasteiger partial charge in [-0.25, -0.2) is 8.42 Å². The van der Waals surface area contributed by atoms with Gasteiger partial charge in [-0.1, -0.05) is 53.5 Å². The molecule has 0 bridgehead atoms. The van der Waals surface area contributed by atoms with Gasteiger partial charge in [0.1, 0.15) is 6.54 Å². The van der Waals surface area contributed by atoms with Gasteiger partial charge in [-0.2, -0.15) is 0 Å². The summed E-state index contributed by atoms with van der Waals surface area (Å²) in [6.45, 7) is 0.0225. The molecule has 144 valence electrons. The summed E-state index contributed by atoms with van der Waals surface area (Å²) >= 11 is 11.9. The molecule has 0 saturated heterocycles. The maximum atomic E-state index is 13.0. The molecule has 5 nitrogen and oxygen atoms in total. The Balaban J connectivity index is 1.59. The van der Waals surface area contributed by atoms with E-state index in [4.69, 9.17) is 23.2 Å². The highest BCUT2D eigenvalue weighted by molar-refractivity contribution is 7.93. The predicted molar refractivity (Wildman–Crippen MR) is 111 cm³/mol. The molecular formula is C20H16Cl2N2O3S. The predicted octanol–water partition coefficient (Wildman–Crippen LogP) is 4.31. The van der Waals surface area contributed by atoms with Gasteiger partial charge in [0.05, 0.1) is 20.6 Å². The molecule has 4 rings (SSSR count). The van der Waals surface area contributed by atoms with Crippen molar-refractivity contribution in [2.75, 3.05) is 17.9 Å². The number of carbonyl (C=O) groups is 1. The smallest absolute Gasteiger partial charge is 0.265 e. The monoisotopic (exact) mass is 434 g/mol. The van der Waals surface area contributed by atoms with Gasteiger partial charge >= 0.3 is 0 Å². The number of halogens is 2. The zero-order valence-electron chi connectivity index (χ0n) is 14.9. The number of nitrogens with zero attached hydrogens (tertiary/aromatic N) is 2. The summed E-state index contributed by atoms with van der Waals surface area (Å²) < 4.78 is 27.2. The van der Waals surface area contributed by atoms with E-state index < -0.39 is 10.0 Å². The maximum absolute atomic E-state index is 13.0. The van der Waals surface area contributed by atoms with Crippen LogP contribution in [0.4, 0.5) is 5.69 Å². The molecule has 0 saturated carbocycles. The zero-order chi connectivity index (χ0) is 20.1. The van der Waals surface area contributed by atoms with E-state index in [-0.39, 0.29) is 17.3 Å². The topological polar surface area (TPSA) is 57.7 Å². The Bertz CT molecular complexity index is 1210. The van der Waals surface area contributed by atoms with Crippen molar-refractivity contribution in [1.29, 1.82) is 0 Å². The summed E-state index contributed by atoms with van der Waals surface area (Å²) in [5, 5.41) is 2.33. The third-order valence-corrected chi connectivity index (χ3v) is 7.33. The van der Waals surface area contributed by atoms with Crippen LogP contribution in [0.2, 0.25) is 10.0 Å². The first kappa shape index (κ1) is 19.1. The number of hydrogen-bond acceptors (Lipinski definition) is 3. The molecule has 8 heteroatoms. The molecule has 0 aliphatic carbocycles. The van der Waals surface area contributed by atoms with Crippen LogP contribution in [0.5, 0.6) is 0 Å². The first-order valence-electron chi connectivity index (χ1n) is 8.51. The quantitative estimate of drug-likeness (QED) is 0.614. The molecule has 1 aliphatic heterocycles. The summed E-state index contributed by atoms with van der Waals surface area (Å²) in [6, 6.07) is 15.7. The zero-order valence-corrected chi connectivity index (χ0v) is 17.2. The molecule has 1 heterocycles. The molecule has 0 spiro atoms. The fourth-order valence-electron chi connectivity index (χ4n) is 3.37. The number of anilines is 1. The lowest BCUT2D eigenvalue weighted by Crippen LogP contribution is -2.39. The minimum Gasteiger partial charge on any atom is -0.340 e. The number of carbonyl (C=O) groups excluding carboxylic acids is 1. The second-order valence-corrected chi connectivity index (χ2v) is 9.29. The number of sulfonamides is 1. The van der Waals surface area contributed by atoms with Crippen molar-refractivity contribution < 1.29 is 13.2 Å². The summed E-state index contributed by atoms with van der Waals surface area (Å²) in [5.74, 6) is -0.320. The van der Waals surface area contributed by atoms with Crippen LogP contribution < -0.4 is 4.31 Å². The third-order valence-electron chi connectivity index (χ3n) is 4.79. The first-order valence-corrected chi connectivity index (χ1v) is 10.7. The van der Waals surface area contributed by atoms with Crippen LogP contribution in [-0.4, -0.2) is 32.8 Å². The van der Waals surface area contributed by atoms with Gasteiger partial charge in [0.15, 0.2) is 0 Å². The van der Waals surface area contributed by atoms with Crippen molar-refractivity contribution in [3.8, 4) is 0 Å². The number of hydrogen-bond donors (Lipinski definition) is 0. The normalized spacial score (nSPS) is 14.5. The van der Waals surface area contributed by atoms with Gasteiger partial charge in [0.25, 0.3) is 10.0 Å². The Labute approximate surface area is 173 Å². The number of rotatable bonds is 4. The van der Waals surface area contributed by atoms with Crippen molar-refractivity contribution >= 4 is 55.6 Å². The highest BCUT2D eigenvalue weighted by Crippen LogP contribution is 2.41. The lowest BCUT2D eigenvalue weighted by atomic mass is 10.1. The van der Waals surface area contributed by atoms with E-state index in [0.717, 1.165) is 10.9 Å². The maximum Gasteiger partial charge on any atom is 0.265 e. The first-order chi connectivity index (χ1) is 13.3. The van der Waals surface area contributed by atoms with Crippen molar-refractivity contribution in [3.63, 3.8) is 0 Å². The summed E-state index contributed by atoms with van der Waals surface area (Å²) in [7, 11) is -2.14. The Morgan fingerprint density at radius 1 is 1.04 bits per heavy atom. The Kier molecular flexibility index (Phi) is 4.73. The van der Waals surface area contributed by atoms with Crippen LogP contribution in [0.15, 0.2) is 59.5 Å². The molecule has 0 N–H and O–H groups in total. The highest BCUT2D eigenvalue weighted by Gasteiger charge is 2.37. The van der Waals surface area contributed by atoms with Gasteiger partial charge in [-0.05, 0) is 35.2 Å². The number of amides is 1. The average molecular weight is 435 g/mol. The van der Waals surface area contributed by atoms with Gasteiger partial charge < -0.3 is 4.90 Å². The third kappa shape index (κ3) is 3.11. The van der Waals surface area contributed by atoms with Crippen molar-refractivity contribution in [1.82, 2.24) is 4.90 Å². The van der Waals surface area contributed by atoms with Gasteiger partial charge in [0, 0.05) is 19.0 Å². The number of benzene rings is 3. The minimum absolute atomic E-state index is 0.237. The summed E-state index contributed by atoms with van der Waals surface area (Å²) in [4.78, 5) is 14.5. The standard InChI is InChI=1S/C20H16Cl2N2O3S/c1-23(11-13-8-9-15(21)16(22)10-13)19(25)12-24-17-6-2-4-14-5-3-7-18(20(14)17)28(24,26)27/h2-10H,11-12H2,1H3. The number of likely N-dealkylation sites (N-methyl/N-ethyl adjacent to an activating group) is 1. The molecule has 0 aromatic heterocycles. The largest absolute Gasteiger partial charge is 0.340 e. The molecule has 3 aromatic carbocycles. The molecule has 28 heavy (non-hydrogen) atoms. The summed E-state index contributed by atoms with van der Waals surface area (Å²) in [6.07, 6.45) is 0. The van der Waals surface area contributed by atoms with Crippen LogP contribution in [0.3, 0.4) is 0 Å². The van der Waals surface area contributed by atoms with E-state index >= 15 is 0 Å². The average Bonchev–Trinajstić information content (AvgIpc) is 2.88. The lowest BCUT2D eigenvalue weighted by Gasteiger charge is -2.23. The molecule has 0 unspecified atom stereocenters. The molecule has 0 atom stereocenters. The molecule has 3 aromatic rings. The second kappa shape index (κ2) is 6.95. The van der Waals surface area contributed by atoms with Gasteiger partial charge in [0.2, 0.25) is 5.91 Å². The van der Waals surface area contributed by atoms with Gasteiger partial charge in [-0.3, -0.25) is 9.10 Å². The molecule has 0 fully saturated rings. The molecule has 0 radical (unpaired) electrons. The lowest BCUT2D eigenvalue weighted by molar-refractivity contribution is -0.128. The Morgan fingerprint density at radius 2 is 1.75 bits per heavy atom. The van der Waals surface area contributed by atoms with E-state index in [0.29, 0.717) is 27.7 Å². The van der Waals surface area contributed by atoms with Crippen LogP contribution >= 0.6 is 23.2 Å². The van der Waals surface area contributed by atoms with Crippen molar-refractivity contribution in [2.24, 2.45) is 0 Å². The Hall–Kier alpha value is -2.28. The Morgan fingerprint density at radius 3 is 2.46 bits per heavy atom. The van der Waals surface area contributed by atoms with E-state index in [1.54, 1.807) is 49.5 Å². The van der Waals surface area contributed by atoms with Crippen molar-refractivity contribution in [2.45, 2.75) is 11.4 Å². The van der Waals surface area contributed by atoms with Crippen molar-refractivity contribution in [3.05, 3.63) is 70.2 Å². The van der Waals surface area contributed by atoms with E-state index in [9.17, 15) is 13.2 Å². The second-order valence-electron chi connectivity index (χ2n) is 6.64. The SMILES string of the molecule is CN(Cc1ccc(Cl)c(Cl)c1)C(=O)CN1c2cccc3cccc(c23)S1(=O)=O. The van der Waals surface area contributed by atoms with E-state index in [2.05, 4.69) is 0 Å². The van der Waals surface area contributed by atoms with Crippen LogP contribution in [0.25, 0.3) is 10.8 Å². The summed E-state index contributed by atoms with van der Waals surface area (Å²) in [5.41, 5.74) is 1.34. The molecule has 1 aliphatic rings. The molecular weight excluding hydrogens is 419 g/mol. The fraction of sp³-hybridized carbons (Fsp3) is 0.150. The fourth-order valence-corrected chi connectivity index (χ4v) is 5.35. The van der Waals surface area contributed by atoms with Crippen LogP contribution in [-0.2, 0) is 21.4 Å². The van der Waals surface area contributed by atoms with E-state index in [1.807, 2.05) is 12.1 Å². The minimum atomic E-state index is -3.76. The van der Waals surface area contributed by atoms with Crippen LogP contribution in [0, 0.1) is 0 Å². The van der Waals surface area contributed by atoms with E-state index in [1.165, 1.54) is 9.21 Å². The highest BCUT2D eigenvalue weighted by atomic mass is 35.5.